The Hall–Kier alpha value is -3.50. The fourth-order valence-corrected chi connectivity index (χ4v) is 6.07. The van der Waals surface area contributed by atoms with Crippen molar-refractivity contribution in [2.45, 2.75) is 64.3 Å². The molecule has 3 aromatic rings. The Balaban J connectivity index is 1.20. The van der Waals surface area contributed by atoms with E-state index in [2.05, 4.69) is 25.6 Å². The van der Waals surface area contributed by atoms with Gasteiger partial charge in [0.25, 0.3) is 11.8 Å². The lowest BCUT2D eigenvalue weighted by Crippen LogP contribution is -2.51. The molecule has 2 amide bonds. The van der Waals surface area contributed by atoms with Crippen LogP contribution in [-0.2, 0) is 6.54 Å². The molecule has 0 atom stereocenters. The predicted octanol–water partition coefficient (Wildman–Crippen LogP) is 2.94. The van der Waals surface area contributed by atoms with E-state index in [0.29, 0.717) is 40.8 Å². The third kappa shape index (κ3) is 4.74. The van der Waals surface area contributed by atoms with Crippen molar-refractivity contribution in [1.82, 2.24) is 29.7 Å². The van der Waals surface area contributed by atoms with Crippen molar-refractivity contribution in [3.8, 4) is 5.75 Å². The van der Waals surface area contributed by atoms with E-state index in [1.807, 2.05) is 24.8 Å². The van der Waals surface area contributed by atoms with E-state index < -0.39 is 0 Å². The molecule has 10 nitrogen and oxygen atoms in total. The van der Waals surface area contributed by atoms with Crippen LogP contribution in [0.4, 0.5) is 5.69 Å². The largest absolute Gasteiger partial charge is 0.489 e. The molecule has 1 saturated heterocycles. The molecule has 1 aliphatic carbocycles. The van der Waals surface area contributed by atoms with Gasteiger partial charge < -0.3 is 20.3 Å². The average molecular weight is 518 g/mol. The Morgan fingerprint density at radius 3 is 2.66 bits per heavy atom. The maximum Gasteiger partial charge on any atom is 0.261 e. The van der Waals surface area contributed by atoms with Crippen LogP contribution < -0.4 is 15.4 Å². The Morgan fingerprint density at radius 1 is 1.13 bits per heavy atom. The molecule has 0 spiro atoms. The molecule has 1 saturated carbocycles. The van der Waals surface area contributed by atoms with Gasteiger partial charge in [0.2, 0.25) is 0 Å². The minimum atomic E-state index is -0.320. The lowest BCUT2D eigenvalue weighted by Gasteiger charge is -2.41. The summed E-state index contributed by atoms with van der Waals surface area (Å²) in [5.74, 6) is 0.234. The van der Waals surface area contributed by atoms with Crippen molar-refractivity contribution in [2.24, 2.45) is 0 Å². The van der Waals surface area contributed by atoms with E-state index in [9.17, 15) is 9.59 Å². The summed E-state index contributed by atoms with van der Waals surface area (Å²) in [4.78, 5) is 35.7. The van der Waals surface area contributed by atoms with Crippen LogP contribution in [0.1, 0.15) is 65.8 Å². The fourth-order valence-electron chi connectivity index (χ4n) is 6.07. The van der Waals surface area contributed by atoms with Gasteiger partial charge in [0.05, 0.1) is 18.0 Å². The van der Waals surface area contributed by atoms with E-state index in [1.54, 1.807) is 29.0 Å². The summed E-state index contributed by atoms with van der Waals surface area (Å²) < 4.78 is 7.62. The SMILES string of the molecule is CC(C)Oc1cc2c(cc1NC(=O)c1cnn3cccnc13)CN(C1CCC(N3CCNCC3)CC1)C2=O. The minimum absolute atomic E-state index is 0.0592. The number of rotatable bonds is 6. The molecular weight excluding hydrogens is 482 g/mol. The van der Waals surface area contributed by atoms with Gasteiger partial charge in [0.1, 0.15) is 11.3 Å². The Bertz CT molecular complexity index is 1340. The molecule has 2 aromatic heterocycles. The lowest BCUT2D eigenvalue weighted by molar-refractivity contribution is 0.0569. The number of fused-ring (bicyclic) bond motifs is 2. The number of hydrogen-bond donors (Lipinski definition) is 2. The van der Waals surface area contributed by atoms with Crippen LogP contribution in [-0.4, -0.2) is 80.6 Å². The molecule has 2 fully saturated rings. The number of nitrogens with zero attached hydrogens (tertiary/aromatic N) is 5. The van der Waals surface area contributed by atoms with E-state index in [-0.39, 0.29) is 24.0 Å². The summed E-state index contributed by atoms with van der Waals surface area (Å²) in [6.45, 7) is 8.77. The lowest BCUT2D eigenvalue weighted by atomic mass is 9.89. The normalized spacial score (nSPS) is 22.2. The summed E-state index contributed by atoms with van der Waals surface area (Å²) in [6.07, 6.45) is 9.08. The highest BCUT2D eigenvalue weighted by Crippen LogP contribution is 2.38. The molecule has 2 N–H and O–H groups in total. The summed E-state index contributed by atoms with van der Waals surface area (Å²) in [5, 5.41) is 10.6. The number of carbonyl (C=O) groups excluding carboxylic acids is 2. The second-order valence-electron chi connectivity index (χ2n) is 10.8. The topological polar surface area (TPSA) is 104 Å². The highest BCUT2D eigenvalue weighted by atomic mass is 16.5. The van der Waals surface area contributed by atoms with Gasteiger partial charge in [-0.2, -0.15) is 5.10 Å². The zero-order chi connectivity index (χ0) is 26.2. The number of carbonyl (C=O) groups is 2. The molecule has 0 bridgehead atoms. The maximum atomic E-state index is 13.5. The molecule has 0 radical (unpaired) electrons. The molecule has 38 heavy (non-hydrogen) atoms. The van der Waals surface area contributed by atoms with Gasteiger partial charge >= 0.3 is 0 Å². The standard InChI is InChI=1S/C28H35N7O3/c1-18(2)38-25-15-22-19(14-24(25)32-27(36)23-16-31-35-11-3-8-30-26(23)35)17-34(28(22)37)21-6-4-20(5-7-21)33-12-9-29-10-13-33/h3,8,11,14-16,18,20-21,29H,4-7,9-10,12-13,17H2,1-2H3,(H,32,36). The van der Waals surface area contributed by atoms with E-state index in [1.165, 1.54) is 6.20 Å². The van der Waals surface area contributed by atoms with Gasteiger partial charge in [-0.1, -0.05) is 0 Å². The van der Waals surface area contributed by atoms with Crippen LogP contribution in [0.2, 0.25) is 0 Å². The second-order valence-corrected chi connectivity index (χ2v) is 10.8. The van der Waals surface area contributed by atoms with Gasteiger partial charge in [0, 0.05) is 62.8 Å². The number of nitrogens with one attached hydrogen (secondary N) is 2. The van der Waals surface area contributed by atoms with Crippen molar-refractivity contribution in [1.29, 1.82) is 0 Å². The minimum Gasteiger partial charge on any atom is -0.489 e. The fraction of sp³-hybridized carbons (Fsp3) is 0.500. The van der Waals surface area contributed by atoms with Gasteiger partial charge in [-0.25, -0.2) is 9.50 Å². The average Bonchev–Trinajstić information content (AvgIpc) is 3.50. The molecule has 6 rings (SSSR count). The number of benzene rings is 1. The second kappa shape index (κ2) is 10.3. The highest BCUT2D eigenvalue weighted by molar-refractivity contribution is 6.09. The third-order valence-electron chi connectivity index (χ3n) is 7.95. The van der Waals surface area contributed by atoms with Gasteiger partial charge in [-0.05, 0) is 63.3 Å². The Kier molecular flexibility index (Phi) is 6.75. The number of aromatic nitrogens is 3. The first kappa shape index (κ1) is 24.8. The summed E-state index contributed by atoms with van der Waals surface area (Å²) in [7, 11) is 0. The van der Waals surface area contributed by atoms with Crippen LogP contribution in [0.15, 0.2) is 36.8 Å². The highest BCUT2D eigenvalue weighted by Gasteiger charge is 2.37. The molecule has 1 aromatic carbocycles. The molecule has 200 valence electrons. The third-order valence-corrected chi connectivity index (χ3v) is 7.95. The number of anilines is 1. The van der Waals surface area contributed by atoms with Crippen LogP contribution in [0.5, 0.6) is 5.75 Å². The molecular formula is C28H35N7O3. The van der Waals surface area contributed by atoms with E-state index >= 15 is 0 Å². The van der Waals surface area contributed by atoms with Crippen LogP contribution in [0.25, 0.3) is 5.65 Å². The zero-order valence-electron chi connectivity index (χ0n) is 22.0. The molecule has 2 aliphatic heterocycles. The summed E-state index contributed by atoms with van der Waals surface area (Å²) in [5.41, 5.74) is 3.00. The van der Waals surface area contributed by atoms with Crippen molar-refractivity contribution in [3.63, 3.8) is 0 Å². The number of piperazine rings is 1. The number of ether oxygens (including phenoxy) is 1. The van der Waals surface area contributed by atoms with Crippen molar-refractivity contribution >= 4 is 23.1 Å². The van der Waals surface area contributed by atoms with Gasteiger partial charge in [-0.15, -0.1) is 0 Å². The molecule has 4 heterocycles. The maximum absolute atomic E-state index is 13.5. The van der Waals surface area contributed by atoms with Crippen LogP contribution in [0, 0.1) is 0 Å². The van der Waals surface area contributed by atoms with E-state index in [4.69, 9.17) is 4.74 Å². The number of hydrogen-bond acceptors (Lipinski definition) is 7. The molecule has 3 aliphatic rings. The summed E-state index contributed by atoms with van der Waals surface area (Å²) in [6, 6.07) is 6.32. The molecule has 0 unspecified atom stereocenters. The smallest absolute Gasteiger partial charge is 0.261 e. The predicted molar refractivity (Wildman–Crippen MR) is 144 cm³/mol. The molecule has 10 heteroatoms. The Morgan fingerprint density at radius 2 is 1.89 bits per heavy atom. The van der Waals surface area contributed by atoms with Crippen LogP contribution >= 0.6 is 0 Å². The first-order chi connectivity index (χ1) is 18.5. The Labute approximate surface area is 222 Å². The quantitative estimate of drug-likeness (QED) is 0.518. The number of amides is 2. The van der Waals surface area contributed by atoms with Gasteiger partial charge in [0.15, 0.2) is 5.65 Å². The van der Waals surface area contributed by atoms with Crippen molar-refractivity contribution in [2.75, 3.05) is 31.5 Å². The monoisotopic (exact) mass is 517 g/mol. The zero-order valence-corrected chi connectivity index (χ0v) is 22.0. The first-order valence-electron chi connectivity index (χ1n) is 13.7. The van der Waals surface area contributed by atoms with Crippen molar-refractivity contribution in [3.05, 3.63) is 53.5 Å². The van der Waals surface area contributed by atoms with Gasteiger partial charge in [-0.3, -0.25) is 14.5 Å². The first-order valence-corrected chi connectivity index (χ1v) is 13.7. The van der Waals surface area contributed by atoms with Crippen LogP contribution in [0.3, 0.4) is 0 Å². The summed E-state index contributed by atoms with van der Waals surface area (Å²) >= 11 is 0. The van der Waals surface area contributed by atoms with E-state index in [0.717, 1.165) is 57.4 Å². The van der Waals surface area contributed by atoms with Crippen molar-refractivity contribution < 1.29 is 14.3 Å².